The lowest BCUT2D eigenvalue weighted by Gasteiger charge is -2.08. The number of halogens is 3. The molecule has 0 saturated heterocycles. The van der Waals surface area contributed by atoms with Crippen molar-refractivity contribution in [1.29, 1.82) is 5.26 Å². The molecule has 0 aliphatic rings. The van der Waals surface area contributed by atoms with Crippen LogP contribution in [0.4, 0.5) is 14.5 Å². The molecule has 0 amide bonds. The van der Waals surface area contributed by atoms with E-state index in [2.05, 4.69) is 5.32 Å². The Morgan fingerprint density at radius 1 is 1.11 bits per heavy atom. The summed E-state index contributed by atoms with van der Waals surface area (Å²) in [6.07, 6.45) is 0. The highest BCUT2D eigenvalue weighted by atomic mass is 35.5. The van der Waals surface area contributed by atoms with Crippen LogP contribution in [0.2, 0.25) is 5.02 Å². The quantitative estimate of drug-likeness (QED) is 0.917. The first kappa shape index (κ1) is 13.3. The molecule has 2 aromatic rings. The van der Waals surface area contributed by atoms with Gasteiger partial charge in [-0.25, -0.2) is 8.78 Å². The largest absolute Gasteiger partial charge is 0.379 e. The molecule has 0 aliphatic heterocycles. The molecule has 2 aromatic carbocycles. The van der Waals surface area contributed by atoms with Gasteiger partial charge in [0.15, 0.2) is 0 Å². The second kappa shape index (κ2) is 5.68. The average molecular weight is 279 g/mol. The predicted molar refractivity (Wildman–Crippen MR) is 69.9 cm³/mol. The SMILES string of the molecule is N#Cc1ccc(NCc2ccc(Cl)c(F)c2)c(F)c1. The van der Waals surface area contributed by atoms with E-state index in [0.29, 0.717) is 5.56 Å². The van der Waals surface area contributed by atoms with E-state index < -0.39 is 11.6 Å². The summed E-state index contributed by atoms with van der Waals surface area (Å²) < 4.78 is 26.8. The topological polar surface area (TPSA) is 35.8 Å². The molecule has 1 N–H and O–H groups in total. The molecule has 19 heavy (non-hydrogen) atoms. The van der Waals surface area contributed by atoms with Gasteiger partial charge in [0, 0.05) is 6.54 Å². The molecule has 0 unspecified atom stereocenters. The van der Waals surface area contributed by atoms with Crippen LogP contribution in [0.1, 0.15) is 11.1 Å². The van der Waals surface area contributed by atoms with E-state index in [1.165, 1.54) is 24.3 Å². The second-order valence-corrected chi connectivity index (χ2v) is 4.32. The van der Waals surface area contributed by atoms with Crippen molar-refractivity contribution in [3.63, 3.8) is 0 Å². The summed E-state index contributed by atoms with van der Waals surface area (Å²) in [7, 11) is 0. The van der Waals surface area contributed by atoms with Crippen LogP contribution < -0.4 is 5.32 Å². The molecule has 0 fully saturated rings. The standard InChI is InChI=1S/C14H9ClF2N2/c15-11-3-1-10(6-12(11)16)8-19-14-4-2-9(7-18)5-13(14)17/h1-6,19H,8H2. The van der Waals surface area contributed by atoms with Gasteiger partial charge in [0.25, 0.3) is 0 Å². The van der Waals surface area contributed by atoms with Crippen molar-refractivity contribution in [2.75, 3.05) is 5.32 Å². The molecule has 0 radical (unpaired) electrons. The number of benzene rings is 2. The Morgan fingerprint density at radius 3 is 2.53 bits per heavy atom. The Morgan fingerprint density at radius 2 is 1.89 bits per heavy atom. The van der Waals surface area contributed by atoms with Crippen LogP contribution in [0, 0.1) is 23.0 Å². The van der Waals surface area contributed by atoms with Crippen LogP contribution in [-0.2, 0) is 6.54 Å². The molecule has 0 spiro atoms. The molecular weight excluding hydrogens is 270 g/mol. The van der Waals surface area contributed by atoms with Gasteiger partial charge in [0.1, 0.15) is 11.6 Å². The number of nitrogens with zero attached hydrogens (tertiary/aromatic N) is 1. The molecule has 0 bridgehead atoms. The molecule has 96 valence electrons. The smallest absolute Gasteiger partial charge is 0.147 e. The van der Waals surface area contributed by atoms with Crippen molar-refractivity contribution in [3.05, 3.63) is 64.2 Å². The Labute approximate surface area is 114 Å². The number of rotatable bonds is 3. The molecular formula is C14H9ClF2N2. The van der Waals surface area contributed by atoms with Gasteiger partial charge in [0.05, 0.1) is 22.3 Å². The van der Waals surface area contributed by atoms with Crippen LogP contribution in [-0.4, -0.2) is 0 Å². The van der Waals surface area contributed by atoms with Crippen LogP contribution in [0.15, 0.2) is 36.4 Å². The van der Waals surface area contributed by atoms with Gasteiger partial charge in [-0.2, -0.15) is 5.26 Å². The lowest BCUT2D eigenvalue weighted by Crippen LogP contribution is -2.02. The van der Waals surface area contributed by atoms with Crippen molar-refractivity contribution in [3.8, 4) is 6.07 Å². The van der Waals surface area contributed by atoms with Gasteiger partial charge in [-0.15, -0.1) is 0 Å². The highest BCUT2D eigenvalue weighted by molar-refractivity contribution is 6.30. The highest BCUT2D eigenvalue weighted by Gasteiger charge is 2.05. The summed E-state index contributed by atoms with van der Waals surface area (Å²) >= 11 is 5.57. The maximum Gasteiger partial charge on any atom is 0.147 e. The number of nitrogens with one attached hydrogen (secondary N) is 1. The molecule has 5 heteroatoms. The Hall–Kier alpha value is -2.12. The van der Waals surface area contributed by atoms with Crippen molar-refractivity contribution >= 4 is 17.3 Å². The first-order valence-corrected chi connectivity index (χ1v) is 5.85. The Bertz CT molecular complexity index is 650. The van der Waals surface area contributed by atoms with Gasteiger partial charge in [-0.05, 0) is 35.9 Å². The molecule has 2 nitrogen and oxygen atoms in total. The van der Waals surface area contributed by atoms with Gasteiger partial charge < -0.3 is 5.32 Å². The highest BCUT2D eigenvalue weighted by Crippen LogP contribution is 2.19. The fourth-order valence-electron chi connectivity index (χ4n) is 1.57. The summed E-state index contributed by atoms with van der Waals surface area (Å²) in [4.78, 5) is 0. The van der Waals surface area contributed by atoms with Crippen LogP contribution >= 0.6 is 11.6 Å². The first-order chi connectivity index (χ1) is 9.10. The molecule has 0 saturated carbocycles. The summed E-state index contributed by atoms with van der Waals surface area (Å²) in [5.74, 6) is -1.03. The second-order valence-electron chi connectivity index (χ2n) is 3.91. The summed E-state index contributed by atoms with van der Waals surface area (Å²) in [5, 5.41) is 11.5. The maximum absolute atomic E-state index is 13.6. The summed E-state index contributed by atoms with van der Waals surface area (Å²) in [6.45, 7) is 0.261. The third-order valence-electron chi connectivity index (χ3n) is 2.57. The van der Waals surface area contributed by atoms with Gasteiger partial charge >= 0.3 is 0 Å². The van der Waals surface area contributed by atoms with Gasteiger partial charge in [0.2, 0.25) is 0 Å². The van der Waals surface area contributed by atoms with E-state index in [1.54, 1.807) is 6.07 Å². The van der Waals surface area contributed by atoms with E-state index in [1.807, 2.05) is 6.07 Å². The fourth-order valence-corrected chi connectivity index (χ4v) is 1.69. The summed E-state index contributed by atoms with van der Waals surface area (Å²) in [6, 6.07) is 10.4. The van der Waals surface area contributed by atoms with E-state index in [-0.39, 0.29) is 22.8 Å². The number of hydrogen-bond acceptors (Lipinski definition) is 2. The molecule has 0 aliphatic carbocycles. The van der Waals surface area contributed by atoms with Crippen LogP contribution in [0.5, 0.6) is 0 Å². The minimum absolute atomic E-state index is 0.0494. The van der Waals surface area contributed by atoms with Crippen LogP contribution in [0.3, 0.4) is 0 Å². The number of anilines is 1. The summed E-state index contributed by atoms with van der Waals surface area (Å²) in [5.41, 5.74) is 1.15. The molecule has 0 aromatic heterocycles. The zero-order valence-corrected chi connectivity index (χ0v) is 10.5. The van der Waals surface area contributed by atoms with E-state index >= 15 is 0 Å². The zero-order chi connectivity index (χ0) is 13.8. The van der Waals surface area contributed by atoms with Crippen molar-refractivity contribution in [1.82, 2.24) is 0 Å². The van der Waals surface area contributed by atoms with E-state index in [4.69, 9.17) is 16.9 Å². The Balaban J connectivity index is 2.10. The monoisotopic (exact) mass is 278 g/mol. The first-order valence-electron chi connectivity index (χ1n) is 5.47. The predicted octanol–water partition coefficient (Wildman–Crippen LogP) is 4.10. The normalized spacial score (nSPS) is 10.0. The average Bonchev–Trinajstić information content (AvgIpc) is 2.41. The van der Waals surface area contributed by atoms with E-state index in [0.717, 1.165) is 6.07 Å². The number of hydrogen-bond donors (Lipinski definition) is 1. The third-order valence-corrected chi connectivity index (χ3v) is 2.87. The lowest BCUT2D eigenvalue weighted by atomic mass is 10.2. The lowest BCUT2D eigenvalue weighted by molar-refractivity contribution is 0.625. The van der Waals surface area contributed by atoms with Gasteiger partial charge in [-0.3, -0.25) is 0 Å². The molecule has 0 heterocycles. The van der Waals surface area contributed by atoms with Crippen LogP contribution in [0.25, 0.3) is 0 Å². The maximum atomic E-state index is 13.6. The zero-order valence-electron chi connectivity index (χ0n) is 9.75. The molecule has 2 rings (SSSR count). The molecule has 0 atom stereocenters. The third kappa shape index (κ3) is 3.21. The Kier molecular flexibility index (Phi) is 3.98. The van der Waals surface area contributed by atoms with Gasteiger partial charge in [-0.1, -0.05) is 17.7 Å². The minimum atomic E-state index is -0.520. The van der Waals surface area contributed by atoms with E-state index in [9.17, 15) is 8.78 Å². The fraction of sp³-hybridized carbons (Fsp3) is 0.0714. The van der Waals surface area contributed by atoms with Crippen molar-refractivity contribution in [2.45, 2.75) is 6.54 Å². The van der Waals surface area contributed by atoms with Crippen molar-refractivity contribution in [2.24, 2.45) is 0 Å². The van der Waals surface area contributed by atoms with Crippen molar-refractivity contribution < 1.29 is 8.78 Å². The number of nitriles is 1. The minimum Gasteiger partial charge on any atom is -0.379 e.